The van der Waals surface area contributed by atoms with E-state index in [1.54, 1.807) is 6.20 Å². The summed E-state index contributed by atoms with van der Waals surface area (Å²) in [6.45, 7) is 7.35. The fraction of sp³-hybridized carbons (Fsp3) is 0.400. The van der Waals surface area contributed by atoms with Gasteiger partial charge in [-0.1, -0.05) is 36.2 Å². The van der Waals surface area contributed by atoms with E-state index in [1.807, 2.05) is 6.20 Å². The number of nitrogens with zero attached hydrogens (tertiary/aromatic N) is 1. The van der Waals surface area contributed by atoms with Gasteiger partial charge in [-0.2, -0.15) is 0 Å². The predicted molar refractivity (Wildman–Crippen MR) is 74.6 cm³/mol. The molecule has 1 aromatic heterocycles. The van der Waals surface area contributed by atoms with Crippen LogP contribution in [0.1, 0.15) is 35.5 Å². The molecule has 0 saturated carbocycles. The van der Waals surface area contributed by atoms with Gasteiger partial charge in [-0.25, -0.2) is 4.98 Å². The number of H-pyrrole nitrogens is 1. The van der Waals surface area contributed by atoms with Crippen LogP contribution in [0.25, 0.3) is 0 Å². The Kier molecular flexibility index (Phi) is 4.15. The Morgan fingerprint density at radius 3 is 2.50 bits per heavy atom. The molecule has 2 aromatic rings. The lowest BCUT2D eigenvalue weighted by Gasteiger charge is -2.16. The Labute approximate surface area is 109 Å². The Morgan fingerprint density at radius 1 is 1.22 bits per heavy atom. The van der Waals surface area contributed by atoms with E-state index in [-0.39, 0.29) is 6.04 Å². The molecule has 2 N–H and O–H groups in total. The number of likely N-dealkylation sites (N-methyl/N-ethyl adjacent to an activating group) is 1. The fourth-order valence-corrected chi connectivity index (χ4v) is 2.40. The van der Waals surface area contributed by atoms with Gasteiger partial charge in [0.25, 0.3) is 0 Å². The molecule has 0 radical (unpaired) electrons. The molecule has 1 unspecified atom stereocenters. The lowest BCUT2D eigenvalue weighted by Crippen LogP contribution is -2.24. The van der Waals surface area contributed by atoms with Crippen LogP contribution in [0.4, 0.5) is 0 Å². The number of nitrogens with one attached hydrogen (secondary N) is 2. The largest absolute Gasteiger partial charge is 0.347 e. The molecule has 18 heavy (non-hydrogen) atoms. The number of imidazole rings is 1. The number of aromatic amines is 1. The van der Waals surface area contributed by atoms with Crippen molar-refractivity contribution in [1.29, 1.82) is 0 Å². The fourth-order valence-electron chi connectivity index (χ4n) is 2.40. The van der Waals surface area contributed by atoms with Gasteiger partial charge in [0.05, 0.1) is 6.04 Å². The van der Waals surface area contributed by atoms with Crippen LogP contribution in [0.15, 0.2) is 30.6 Å². The summed E-state index contributed by atoms with van der Waals surface area (Å²) in [7, 11) is 0. The third-order valence-electron chi connectivity index (χ3n) is 3.02. The maximum Gasteiger partial charge on any atom is 0.123 e. The average Bonchev–Trinajstić information content (AvgIpc) is 2.80. The number of benzene rings is 1. The molecule has 2 rings (SSSR count). The minimum Gasteiger partial charge on any atom is -0.347 e. The van der Waals surface area contributed by atoms with Crippen LogP contribution in [0.2, 0.25) is 0 Å². The normalized spacial score (nSPS) is 12.6. The molecule has 0 amide bonds. The zero-order valence-electron chi connectivity index (χ0n) is 11.3. The molecule has 0 fully saturated rings. The first kappa shape index (κ1) is 12.8. The van der Waals surface area contributed by atoms with Crippen LogP contribution in [0.3, 0.4) is 0 Å². The molecular weight excluding hydrogens is 222 g/mol. The summed E-state index contributed by atoms with van der Waals surface area (Å²) >= 11 is 0. The molecule has 0 aliphatic carbocycles. The van der Waals surface area contributed by atoms with Crippen LogP contribution in [-0.2, 0) is 6.42 Å². The van der Waals surface area contributed by atoms with E-state index < -0.39 is 0 Å². The summed E-state index contributed by atoms with van der Waals surface area (Å²) in [5.74, 6) is 1.01. The van der Waals surface area contributed by atoms with Crippen molar-refractivity contribution >= 4 is 0 Å². The topological polar surface area (TPSA) is 40.7 Å². The molecule has 1 heterocycles. The van der Waals surface area contributed by atoms with Crippen molar-refractivity contribution in [3.05, 3.63) is 53.1 Å². The van der Waals surface area contributed by atoms with Crippen LogP contribution < -0.4 is 5.32 Å². The molecular formula is C15H21N3. The van der Waals surface area contributed by atoms with E-state index >= 15 is 0 Å². The summed E-state index contributed by atoms with van der Waals surface area (Å²) in [6, 6.07) is 6.96. The summed E-state index contributed by atoms with van der Waals surface area (Å²) in [5, 5.41) is 3.48. The number of hydrogen-bond donors (Lipinski definition) is 2. The standard InChI is InChI=1S/C15H21N3/c1-4-16-14(15-17-5-6-18-15)10-13-8-11(2)7-12(3)9-13/h5-9,14,16H,4,10H2,1-3H3,(H,17,18). The first-order valence-electron chi connectivity index (χ1n) is 6.49. The highest BCUT2D eigenvalue weighted by molar-refractivity contribution is 5.29. The van der Waals surface area contributed by atoms with Crippen molar-refractivity contribution in [3.63, 3.8) is 0 Å². The van der Waals surface area contributed by atoms with Gasteiger partial charge in [0.1, 0.15) is 5.82 Å². The lowest BCUT2D eigenvalue weighted by molar-refractivity contribution is 0.526. The summed E-state index contributed by atoms with van der Waals surface area (Å²) in [5.41, 5.74) is 3.99. The second-order valence-corrected chi connectivity index (χ2v) is 4.78. The lowest BCUT2D eigenvalue weighted by atomic mass is 10.0. The van der Waals surface area contributed by atoms with Gasteiger partial charge in [0, 0.05) is 12.4 Å². The van der Waals surface area contributed by atoms with E-state index in [0.29, 0.717) is 0 Å². The van der Waals surface area contributed by atoms with Gasteiger partial charge in [0.2, 0.25) is 0 Å². The first-order chi connectivity index (χ1) is 8.69. The summed E-state index contributed by atoms with van der Waals surface area (Å²) < 4.78 is 0. The van der Waals surface area contributed by atoms with E-state index in [1.165, 1.54) is 16.7 Å². The van der Waals surface area contributed by atoms with Gasteiger partial charge in [-0.3, -0.25) is 0 Å². The molecule has 1 aromatic carbocycles. The molecule has 0 aliphatic rings. The zero-order valence-corrected chi connectivity index (χ0v) is 11.3. The SMILES string of the molecule is CCNC(Cc1cc(C)cc(C)c1)c1ncc[nH]1. The summed E-state index contributed by atoms with van der Waals surface area (Å²) in [4.78, 5) is 7.56. The first-order valence-corrected chi connectivity index (χ1v) is 6.49. The molecule has 96 valence electrons. The van der Waals surface area contributed by atoms with Crippen molar-refractivity contribution in [2.45, 2.75) is 33.2 Å². The maximum atomic E-state index is 4.36. The van der Waals surface area contributed by atoms with Crippen molar-refractivity contribution < 1.29 is 0 Å². The Bertz CT molecular complexity index is 468. The molecule has 3 nitrogen and oxygen atoms in total. The number of hydrogen-bond acceptors (Lipinski definition) is 2. The molecule has 0 spiro atoms. The van der Waals surface area contributed by atoms with Gasteiger partial charge in [0.15, 0.2) is 0 Å². The number of rotatable bonds is 5. The highest BCUT2D eigenvalue weighted by Crippen LogP contribution is 2.17. The zero-order chi connectivity index (χ0) is 13.0. The van der Waals surface area contributed by atoms with Crippen LogP contribution in [0, 0.1) is 13.8 Å². The van der Waals surface area contributed by atoms with Crippen LogP contribution >= 0.6 is 0 Å². The maximum absolute atomic E-state index is 4.36. The highest BCUT2D eigenvalue weighted by Gasteiger charge is 2.13. The molecule has 3 heteroatoms. The van der Waals surface area contributed by atoms with Gasteiger partial charge < -0.3 is 10.3 Å². The van der Waals surface area contributed by atoms with E-state index in [2.05, 4.69) is 54.3 Å². The van der Waals surface area contributed by atoms with Gasteiger partial charge >= 0.3 is 0 Å². The van der Waals surface area contributed by atoms with E-state index in [9.17, 15) is 0 Å². The smallest absolute Gasteiger partial charge is 0.123 e. The molecule has 0 aliphatic heterocycles. The quantitative estimate of drug-likeness (QED) is 0.847. The highest BCUT2D eigenvalue weighted by atomic mass is 15.0. The predicted octanol–water partition coefficient (Wildman–Crippen LogP) is 2.92. The minimum atomic E-state index is 0.256. The number of aryl methyl sites for hydroxylation is 2. The van der Waals surface area contributed by atoms with Crippen LogP contribution in [0.5, 0.6) is 0 Å². The van der Waals surface area contributed by atoms with Gasteiger partial charge in [-0.15, -0.1) is 0 Å². The Hall–Kier alpha value is -1.61. The second-order valence-electron chi connectivity index (χ2n) is 4.78. The van der Waals surface area contributed by atoms with Gasteiger partial charge in [-0.05, 0) is 32.4 Å². The third-order valence-corrected chi connectivity index (χ3v) is 3.02. The van der Waals surface area contributed by atoms with Crippen molar-refractivity contribution in [3.8, 4) is 0 Å². The average molecular weight is 243 g/mol. The number of aromatic nitrogens is 2. The second kappa shape index (κ2) is 5.83. The monoisotopic (exact) mass is 243 g/mol. The third kappa shape index (κ3) is 3.20. The van der Waals surface area contributed by atoms with Crippen molar-refractivity contribution in [2.24, 2.45) is 0 Å². The van der Waals surface area contributed by atoms with Crippen LogP contribution in [-0.4, -0.2) is 16.5 Å². The van der Waals surface area contributed by atoms with Crippen molar-refractivity contribution in [1.82, 2.24) is 15.3 Å². The Morgan fingerprint density at radius 2 is 1.94 bits per heavy atom. The molecule has 1 atom stereocenters. The Balaban J connectivity index is 2.18. The van der Waals surface area contributed by atoms with E-state index in [0.717, 1.165) is 18.8 Å². The summed E-state index contributed by atoms with van der Waals surface area (Å²) in [6.07, 6.45) is 4.65. The minimum absolute atomic E-state index is 0.256. The van der Waals surface area contributed by atoms with E-state index in [4.69, 9.17) is 0 Å². The molecule has 0 bridgehead atoms. The van der Waals surface area contributed by atoms with Crippen molar-refractivity contribution in [2.75, 3.05) is 6.54 Å². The molecule has 0 saturated heterocycles.